The number of aryl methyl sites for hydroxylation is 1. The summed E-state index contributed by atoms with van der Waals surface area (Å²) in [5.74, 6) is 2.28. The standard InChI is InChI=1S/C32H38N4O5/c1-19(32(37)38)30(22-4-5-22)23-6-3-20-7-9-27(41-29(20)16-23)21-11-13-36(14-12-21)18-26-28(39-2)10-8-24-15-25(17-34-35-33)40-31(24)26/h3,6,8,10,15-16,19,21-22,27,30H,4-5,7,9,11-14,17-18H2,1-2H3,(H,37,38)/t19-,27?,30-/m0/s1. The molecule has 1 saturated carbocycles. The van der Waals surface area contributed by atoms with Gasteiger partial charge in [-0.25, -0.2) is 0 Å². The predicted molar refractivity (Wildman–Crippen MR) is 155 cm³/mol. The lowest BCUT2D eigenvalue weighted by Gasteiger charge is -2.38. The van der Waals surface area contributed by atoms with Crippen molar-refractivity contribution >= 4 is 16.9 Å². The van der Waals surface area contributed by atoms with Gasteiger partial charge in [0.1, 0.15) is 28.9 Å². The van der Waals surface area contributed by atoms with Gasteiger partial charge in [0.2, 0.25) is 0 Å². The topological polar surface area (TPSA) is 121 Å². The number of carboxylic acids is 1. The van der Waals surface area contributed by atoms with Crippen molar-refractivity contribution in [1.29, 1.82) is 0 Å². The fraction of sp³-hybridized carbons (Fsp3) is 0.531. The van der Waals surface area contributed by atoms with Crippen LogP contribution in [0.25, 0.3) is 21.4 Å². The second-order valence-corrected chi connectivity index (χ2v) is 11.9. The number of methoxy groups -OCH3 is 1. The average molecular weight is 559 g/mol. The SMILES string of the molecule is COc1ccc2cc(CN=[N+]=[N-])oc2c1CN1CCC(C2CCc3ccc([C@H](C4CC4)[C@H](C)C(=O)O)cc3O2)CC1. The van der Waals surface area contributed by atoms with Crippen LogP contribution in [0.4, 0.5) is 0 Å². The van der Waals surface area contributed by atoms with E-state index in [0.717, 1.165) is 91.8 Å². The van der Waals surface area contributed by atoms with Gasteiger partial charge in [-0.05, 0) is 110 Å². The predicted octanol–water partition coefficient (Wildman–Crippen LogP) is 7.07. The molecule has 0 radical (unpaired) electrons. The van der Waals surface area contributed by atoms with Crippen molar-refractivity contribution in [3.63, 3.8) is 0 Å². The van der Waals surface area contributed by atoms with E-state index < -0.39 is 11.9 Å². The van der Waals surface area contributed by atoms with Gasteiger partial charge in [-0.3, -0.25) is 9.69 Å². The average Bonchev–Trinajstić information content (AvgIpc) is 3.73. The van der Waals surface area contributed by atoms with E-state index in [1.165, 1.54) is 5.56 Å². The van der Waals surface area contributed by atoms with Gasteiger partial charge in [0.15, 0.2) is 0 Å². The number of fused-ring (bicyclic) bond motifs is 2. The van der Waals surface area contributed by atoms with Crippen LogP contribution in [0.5, 0.6) is 11.5 Å². The van der Waals surface area contributed by atoms with Crippen LogP contribution in [0.3, 0.4) is 0 Å². The van der Waals surface area contributed by atoms with Crippen LogP contribution in [-0.4, -0.2) is 42.3 Å². The van der Waals surface area contributed by atoms with E-state index in [1.54, 1.807) is 7.11 Å². The molecule has 3 atom stereocenters. The van der Waals surface area contributed by atoms with Gasteiger partial charge in [-0.2, -0.15) is 0 Å². The zero-order valence-corrected chi connectivity index (χ0v) is 23.8. The summed E-state index contributed by atoms with van der Waals surface area (Å²) in [4.78, 5) is 17.1. The molecular weight excluding hydrogens is 520 g/mol. The van der Waals surface area contributed by atoms with Crippen molar-refractivity contribution in [2.24, 2.45) is 22.9 Å². The second-order valence-electron chi connectivity index (χ2n) is 11.9. The largest absolute Gasteiger partial charge is 0.496 e. The normalized spacial score (nSPS) is 21.0. The monoisotopic (exact) mass is 558 g/mol. The molecule has 3 aliphatic rings. The number of furan rings is 1. The molecule has 3 aromatic rings. The first kappa shape index (κ1) is 27.5. The van der Waals surface area contributed by atoms with Crippen molar-refractivity contribution < 1.29 is 23.8 Å². The number of ether oxygens (including phenoxy) is 2. The number of azide groups is 1. The highest BCUT2D eigenvalue weighted by molar-refractivity contribution is 5.83. The summed E-state index contributed by atoms with van der Waals surface area (Å²) in [6.45, 7) is 4.67. The maximum absolute atomic E-state index is 11.8. The van der Waals surface area contributed by atoms with Gasteiger partial charge in [-0.15, -0.1) is 0 Å². The highest BCUT2D eigenvalue weighted by Crippen LogP contribution is 2.48. The first-order valence-electron chi connectivity index (χ1n) is 14.8. The number of piperidine rings is 1. The molecule has 6 rings (SSSR count). The van der Waals surface area contributed by atoms with Crippen LogP contribution < -0.4 is 9.47 Å². The molecule has 0 spiro atoms. The molecular formula is C32H38N4O5. The van der Waals surface area contributed by atoms with Crippen molar-refractivity contribution in [2.45, 2.75) is 70.6 Å². The fourth-order valence-electron chi connectivity index (χ4n) is 6.95. The van der Waals surface area contributed by atoms with Gasteiger partial charge in [-0.1, -0.05) is 24.2 Å². The lowest BCUT2D eigenvalue weighted by molar-refractivity contribution is -0.142. The maximum Gasteiger partial charge on any atom is 0.306 e. The van der Waals surface area contributed by atoms with Gasteiger partial charge in [0, 0.05) is 16.8 Å². The van der Waals surface area contributed by atoms with Gasteiger partial charge >= 0.3 is 5.97 Å². The van der Waals surface area contributed by atoms with Crippen LogP contribution >= 0.6 is 0 Å². The van der Waals surface area contributed by atoms with Gasteiger partial charge < -0.3 is 19.0 Å². The molecule has 9 heteroatoms. The molecule has 3 heterocycles. The number of rotatable bonds is 10. The highest BCUT2D eigenvalue weighted by Gasteiger charge is 2.39. The Morgan fingerprint density at radius 2 is 1.98 bits per heavy atom. The Kier molecular flexibility index (Phi) is 7.82. The number of hydrogen-bond donors (Lipinski definition) is 1. The van der Waals surface area contributed by atoms with Crippen molar-refractivity contribution in [3.8, 4) is 11.5 Å². The number of carboxylic acid groups (broad SMARTS) is 1. The summed E-state index contributed by atoms with van der Waals surface area (Å²) in [6, 6.07) is 12.3. The number of aliphatic carboxylic acids is 1. The van der Waals surface area contributed by atoms with E-state index in [9.17, 15) is 9.90 Å². The number of benzene rings is 2. The number of likely N-dealkylation sites (tertiary alicyclic amines) is 1. The van der Waals surface area contributed by atoms with E-state index in [2.05, 4.69) is 33.1 Å². The van der Waals surface area contributed by atoms with Crippen LogP contribution in [0.1, 0.15) is 67.4 Å². The fourth-order valence-corrected chi connectivity index (χ4v) is 6.95. The molecule has 1 aromatic heterocycles. The van der Waals surface area contributed by atoms with Crippen molar-refractivity contribution in [3.05, 3.63) is 69.3 Å². The van der Waals surface area contributed by atoms with E-state index in [1.807, 2.05) is 25.1 Å². The third-order valence-electron chi connectivity index (χ3n) is 9.36. The zero-order chi connectivity index (χ0) is 28.5. The molecule has 1 unspecified atom stereocenters. The van der Waals surface area contributed by atoms with E-state index in [4.69, 9.17) is 19.4 Å². The third kappa shape index (κ3) is 5.74. The van der Waals surface area contributed by atoms with Crippen LogP contribution in [0.15, 0.2) is 45.9 Å². The molecule has 0 amide bonds. The number of nitrogens with zero attached hydrogens (tertiary/aromatic N) is 4. The number of hydrogen-bond acceptors (Lipinski definition) is 6. The Hall–Kier alpha value is -3.68. The van der Waals surface area contributed by atoms with Crippen LogP contribution in [-0.2, 0) is 24.3 Å². The Morgan fingerprint density at radius 3 is 2.68 bits per heavy atom. The summed E-state index contributed by atoms with van der Waals surface area (Å²) >= 11 is 0. The molecule has 1 saturated heterocycles. The summed E-state index contributed by atoms with van der Waals surface area (Å²) in [5.41, 5.74) is 12.8. The van der Waals surface area contributed by atoms with Gasteiger partial charge in [0.05, 0.1) is 25.1 Å². The number of carbonyl (C=O) groups is 1. The first-order chi connectivity index (χ1) is 19.9. The van der Waals surface area contributed by atoms with Gasteiger partial charge in [0.25, 0.3) is 0 Å². The molecule has 2 aliphatic heterocycles. The quantitative estimate of drug-likeness (QED) is 0.161. The minimum absolute atomic E-state index is 0.0516. The van der Waals surface area contributed by atoms with Crippen LogP contribution in [0, 0.1) is 17.8 Å². The lowest BCUT2D eigenvalue weighted by Crippen LogP contribution is -2.40. The lowest BCUT2D eigenvalue weighted by atomic mass is 9.81. The molecule has 216 valence electrons. The van der Waals surface area contributed by atoms with Crippen LogP contribution in [0.2, 0.25) is 0 Å². The Morgan fingerprint density at radius 1 is 1.17 bits per heavy atom. The maximum atomic E-state index is 11.8. The molecule has 2 aromatic carbocycles. The second kappa shape index (κ2) is 11.7. The Bertz CT molecular complexity index is 1470. The molecule has 9 nitrogen and oxygen atoms in total. The summed E-state index contributed by atoms with van der Waals surface area (Å²) in [6.07, 6.45) is 6.53. The summed E-state index contributed by atoms with van der Waals surface area (Å²) in [5, 5.41) is 14.3. The Labute approximate surface area is 240 Å². The summed E-state index contributed by atoms with van der Waals surface area (Å²) < 4.78 is 18.4. The first-order valence-corrected chi connectivity index (χ1v) is 14.8. The summed E-state index contributed by atoms with van der Waals surface area (Å²) in [7, 11) is 1.68. The molecule has 0 bridgehead atoms. The zero-order valence-electron chi connectivity index (χ0n) is 23.8. The highest BCUT2D eigenvalue weighted by atomic mass is 16.5. The smallest absolute Gasteiger partial charge is 0.306 e. The molecule has 1 N–H and O–H groups in total. The minimum Gasteiger partial charge on any atom is -0.496 e. The van der Waals surface area contributed by atoms with Crippen molar-refractivity contribution in [1.82, 2.24) is 4.90 Å². The van der Waals surface area contributed by atoms with E-state index in [-0.39, 0.29) is 18.6 Å². The molecule has 1 aliphatic carbocycles. The van der Waals surface area contributed by atoms with E-state index >= 15 is 0 Å². The third-order valence-corrected chi connectivity index (χ3v) is 9.36. The minimum atomic E-state index is -0.723. The molecule has 41 heavy (non-hydrogen) atoms. The van der Waals surface area contributed by atoms with Crippen molar-refractivity contribution in [2.75, 3.05) is 20.2 Å². The Balaban J connectivity index is 1.12. The molecule has 2 fully saturated rings. The van der Waals surface area contributed by atoms with E-state index in [0.29, 0.717) is 17.6 Å².